The summed E-state index contributed by atoms with van der Waals surface area (Å²) in [6, 6.07) is 6.57. The molecule has 0 unspecified atom stereocenters. The number of carbonyl (C=O) groups excluding carboxylic acids is 1. The molecule has 0 aliphatic carbocycles. The first kappa shape index (κ1) is 15.0. The molecule has 0 radical (unpaired) electrons. The van der Waals surface area contributed by atoms with Crippen molar-refractivity contribution in [2.75, 3.05) is 18.0 Å². The number of rotatable bonds is 7. The fourth-order valence-corrected chi connectivity index (χ4v) is 2.81. The number of unbranched alkanes of at least 4 members (excludes halogenated alkanes) is 2. The van der Waals surface area contributed by atoms with Gasteiger partial charge < -0.3 is 10.6 Å². The van der Waals surface area contributed by atoms with Crippen molar-refractivity contribution in [3.63, 3.8) is 0 Å². The molecule has 0 aromatic heterocycles. The molecule has 1 aromatic carbocycles. The second kappa shape index (κ2) is 7.44. The summed E-state index contributed by atoms with van der Waals surface area (Å²) in [6.45, 7) is 3.74. The monoisotopic (exact) mass is 274 g/mol. The van der Waals surface area contributed by atoms with E-state index < -0.39 is 0 Å². The Morgan fingerprint density at radius 1 is 1.30 bits per heavy atom. The van der Waals surface area contributed by atoms with Crippen LogP contribution in [0.25, 0.3) is 0 Å². The SMILES string of the molecule is CCCCC(=O)N1CCc2cc(CCCCN)ccc21. The van der Waals surface area contributed by atoms with Crippen molar-refractivity contribution in [1.82, 2.24) is 0 Å². The van der Waals surface area contributed by atoms with E-state index >= 15 is 0 Å². The average molecular weight is 274 g/mol. The van der Waals surface area contributed by atoms with Gasteiger partial charge in [0.1, 0.15) is 0 Å². The highest BCUT2D eigenvalue weighted by Gasteiger charge is 2.23. The van der Waals surface area contributed by atoms with Gasteiger partial charge >= 0.3 is 0 Å². The minimum Gasteiger partial charge on any atom is -0.330 e. The van der Waals surface area contributed by atoms with Crippen LogP contribution in [0.2, 0.25) is 0 Å². The third-order valence-electron chi connectivity index (χ3n) is 4.00. The van der Waals surface area contributed by atoms with E-state index in [0.29, 0.717) is 6.42 Å². The van der Waals surface area contributed by atoms with Crippen LogP contribution in [0.15, 0.2) is 18.2 Å². The van der Waals surface area contributed by atoms with Gasteiger partial charge in [-0.2, -0.15) is 0 Å². The molecule has 1 heterocycles. The van der Waals surface area contributed by atoms with Crippen molar-refractivity contribution in [3.8, 4) is 0 Å². The maximum atomic E-state index is 12.2. The van der Waals surface area contributed by atoms with Crippen molar-refractivity contribution in [2.24, 2.45) is 5.73 Å². The molecule has 2 rings (SSSR count). The Kier molecular flexibility index (Phi) is 5.60. The highest BCUT2D eigenvalue weighted by Crippen LogP contribution is 2.30. The number of nitrogens with two attached hydrogens (primary N) is 1. The van der Waals surface area contributed by atoms with Gasteiger partial charge in [0, 0.05) is 18.7 Å². The number of anilines is 1. The van der Waals surface area contributed by atoms with E-state index in [1.807, 2.05) is 4.90 Å². The van der Waals surface area contributed by atoms with E-state index in [1.165, 1.54) is 11.1 Å². The van der Waals surface area contributed by atoms with Crippen LogP contribution in [-0.4, -0.2) is 19.0 Å². The topological polar surface area (TPSA) is 46.3 Å². The van der Waals surface area contributed by atoms with E-state index in [4.69, 9.17) is 5.73 Å². The summed E-state index contributed by atoms with van der Waals surface area (Å²) in [6.07, 6.45) is 7.06. The molecule has 3 nitrogen and oxygen atoms in total. The van der Waals surface area contributed by atoms with Crippen molar-refractivity contribution in [2.45, 2.75) is 51.9 Å². The number of benzene rings is 1. The van der Waals surface area contributed by atoms with Gasteiger partial charge in [0.25, 0.3) is 0 Å². The molecule has 0 spiro atoms. The molecule has 0 atom stereocenters. The molecule has 1 aromatic rings. The summed E-state index contributed by atoms with van der Waals surface area (Å²) in [5.74, 6) is 0.279. The molecule has 1 aliphatic rings. The molecular weight excluding hydrogens is 248 g/mol. The van der Waals surface area contributed by atoms with E-state index in [9.17, 15) is 4.79 Å². The fourth-order valence-electron chi connectivity index (χ4n) is 2.81. The lowest BCUT2D eigenvalue weighted by molar-refractivity contribution is -0.118. The second-order valence-electron chi connectivity index (χ2n) is 5.61. The number of nitrogens with zero attached hydrogens (tertiary/aromatic N) is 1. The lowest BCUT2D eigenvalue weighted by Crippen LogP contribution is -2.28. The van der Waals surface area contributed by atoms with E-state index in [2.05, 4.69) is 25.1 Å². The Hall–Kier alpha value is -1.35. The largest absolute Gasteiger partial charge is 0.330 e. The van der Waals surface area contributed by atoms with Crippen LogP contribution in [0.3, 0.4) is 0 Å². The van der Waals surface area contributed by atoms with Crippen LogP contribution in [-0.2, 0) is 17.6 Å². The Bertz CT molecular complexity index is 456. The van der Waals surface area contributed by atoms with Crippen LogP contribution < -0.4 is 10.6 Å². The number of hydrogen-bond acceptors (Lipinski definition) is 2. The van der Waals surface area contributed by atoms with Gasteiger partial charge in [0.15, 0.2) is 0 Å². The Balaban J connectivity index is 2.00. The van der Waals surface area contributed by atoms with Crippen LogP contribution in [0.1, 0.15) is 50.2 Å². The molecule has 1 aliphatic heterocycles. The van der Waals surface area contributed by atoms with Crippen molar-refractivity contribution >= 4 is 11.6 Å². The Morgan fingerprint density at radius 3 is 2.90 bits per heavy atom. The number of hydrogen-bond donors (Lipinski definition) is 1. The molecule has 0 bridgehead atoms. The van der Waals surface area contributed by atoms with Crippen LogP contribution in [0.5, 0.6) is 0 Å². The number of carbonyl (C=O) groups is 1. The molecule has 0 saturated carbocycles. The van der Waals surface area contributed by atoms with Crippen molar-refractivity contribution in [3.05, 3.63) is 29.3 Å². The zero-order valence-corrected chi connectivity index (χ0v) is 12.5. The predicted molar refractivity (Wildman–Crippen MR) is 84.0 cm³/mol. The first-order chi connectivity index (χ1) is 9.76. The molecule has 2 N–H and O–H groups in total. The van der Waals surface area contributed by atoms with Gasteiger partial charge in [0.2, 0.25) is 5.91 Å². The third-order valence-corrected chi connectivity index (χ3v) is 4.00. The standard InChI is InChI=1S/C17H26N2O/c1-2-3-7-17(20)19-12-10-15-13-14(6-4-5-11-18)8-9-16(15)19/h8-9,13H,2-7,10-12,18H2,1H3. The fraction of sp³-hybridized carbons (Fsp3) is 0.588. The molecule has 110 valence electrons. The first-order valence-corrected chi connectivity index (χ1v) is 7.88. The van der Waals surface area contributed by atoms with Crippen LogP contribution >= 0.6 is 0 Å². The zero-order chi connectivity index (χ0) is 14.4. The molecule has 1 amide bonds. The predicted octanol–water partition coefficient (Wildman–Crippen LogP) is 3.05. The number of amides is 1. The summed E-state index contributed by atoms with van der Waals surface area (Å²) in [5, 5.41) is 0. The summed E-state index contributed by atoms with van der Waals surface area (Å²) in [5.41, 5.74) is 9.37. The Labute approximate surface area is 122 Å². The normalized spacial score (nSPS) is 13.6. The Morgan fingerprint density at radius 2 is 2.15 bits per heavy atom. The lowest BCUT2D eigenvalue weighted by Gasteiger charge is -2.17. The highest BCUT2D eigenvalue weighted by molar-refractivity contribution is 5.95. The second-order valence-corrected chi connectivity index (χ2v) is 5.61. The van der Waals surface area contributed by atoms with Gasteiger partial charge in [-0.1, -0.05) is 25.5 Å². The van der Waals surface area contributed by atoms with Gasteiger partial charge in [-0.25, -0.2) is 0 Å². The molecule has 3 heteroatoms. The van der Waals surface area contributed by atoms with Gasteiger partial charge in [-0.15, -0.1) is 0 Å². The maximum Gasteiger partial charge on any atom is 0.226 e. The average Bonchev–Trinajstić information content (AvgIpc) is 2.88. The van der Waals surface area contributed by atoms with Crippen LogP contribution in [0, 0.1) is 0 Å². The quantitative estimate of drug-likeness (QED) is 0.777. The van der Waals surface area contributed by atoms with Gasteiger partial charge in [-0.3, -0.25) is 4.79 Å². The number of fused-ring (bicyclic) bond motifs is 1. The molecule has 0 saturated heterocycles. The highest BCUT2D eigenvalue weighted by atomic mass is 16.2. The van der Waals surface area contributed by atoms with Gasteiger partial charge in [0.05, 0.1) is 0 Å². The minimum atomic E-state index is 0.279. The maximum absolute atomic E-state index is 12.2. The molecule has 20 heavy (non-hydrogen) atoms. The summed E-state index contributed by atoms with van der Waals surface area (Å²) in [4.78, 5) is 14.1. The van der Waals surface area contributed by atoms with Crippen LogP contribution in [0.4, 0.5) is 5.69 Å². The van der Waals surface area contributed by atoms with E-state index in [-0.39, 0.29) is 5.91 Å². The third kappa shape index (κ3) is 3.60. The number of aryl methyl sites for hydroxylation is 1. The van der Waals surface area contributed by atoms with Crippen molar-refractivity contribution in [1.29, 1.82) is 0 Å². The summed E-state index contributed by atoms with van der Waals surface area (Å²) >= 11 is 0. The first-order valence-electron chi connectivity index (χ1n) is 7.88. The lowest BCUT2D eigenvalue weighted by atomic mass is 10.0. The van der Waals surface area contributed by atoms with Gasteiger partial charge in [-0.05, 0) is 55.8 Å². The molecule has 0 fully saturated rings. The minimum absolute atomic E-state index is 0.279. The summed E-state index contributed by atoms with van der Waals surface area (Å²) in [7, 11) is 0. The van der Waals surface area contributed by atoms with E-state index in [0.717, 1.165) is 57.3 Å². The zero-order valence-electron chi connectivity index (χ0n) is 12.5. The summed E-state index contributed by atoms with van der Waals surface area (Å²) < 4.78 is 0. The van der Waals surface area contributed by atoms with E-state index in [1.54, 1.807) is 0 Å². The smallest absolute Gasteiger partial charge is 0.226 e. The molecular formula is C17H26N2O. The van der Waals surface area contributed by atoms with Crippen molar-refractivity contribution < 1.29 is 4.79 Å².